The molecular weight excluding hydrogens is 326 g/mol. The van der Waals surface area contributed by atoms with Crippen LogP contribution >= 0.6 is 15.9 Å². The Morgan fingerprint density at radius 3 is 2.43 bits per heavy atom. The van der Waals surface area contributed by atoms with Crippen LogP contribution in [-0.2, 0) is 0 Å². The van der Waals surface area contributed by atoms with Gasteiger partial charge in [-0.3, -0.25) is 0 Å². The van der Waals surface area contributed by atoms with E-state index >= 15 is 0 Å². The minimum absolute atomic E-state index is 0.386. The van der Waals surface area contributed by atoms with E-state index in [-0.39, 0.29) is 0 Å². The second-order valence-electron chi connectivity index (χ2n) is 5.70. The summed E-state index contributed by atoms with van der Waals surface area (Å²) in [5, 5.41) is 3.70. The highest BCUT2D eigenvalue weighted by Crippen LogP contribution is 2.43. The Hall–Kier alpha value is -1.48. The first-order valence-corrected chi connectivity index (χ1v) is 8.13. The van der Waals surface area contributed by atoms with Crippen molar-refractivity contribution in [3.63, 3.8) is 0 Å². The second kappa shape index (κ2) is 6.10. The summed E-state index contributed by atoms with van der Waals surface area (Å²) >= 11 is 3.56. The summed E-state index contributed by atoms with van der Waals surface area (Å²) in [6.45, 7) is 2.12. The van der Waals surface area contributed by atoms with E-state index < -0.39 is 0 Å². The Kier molecular flexibility index (Phi) is 4.20. The first-order valence-electron chi connectivity index (χ1n) is 7.34. The lowest BCUT2D eigenvalue weighted by molar-refractivity contribution is 0.414. The van der Waals surface area contributed by atoms with Crippen LogP contribution in [0.15, 0.2) is 46.9 Å². The summed E-state index contributed by atoms with van der Waals surface area (Å²) < 4.78 is 6.40. The molecule has 110 valence electrons. The highest BCUT2D eigenvalue weighted by molar-refractivity contribution is 9.10. The normalized spacial score (nSPS) is 15.6. The highest BCUT2D eigenvalue weighted by Gasteiger charge is 2.32. The maximum atomic E-state index is 5.25. The van der Waals surface area contributed by atoms with Crippen LogP contribution in [0.3, 0.4) is 0 Å². The molecule has 1 saturated carbocycles. The quantitative estimate of drug-likeness (QED) is 0.790. The summed E-state index contributed by atoms with van der Waals surface area (Å²) in [6.07, 6.45) is 2.61. The Morgan fingerprint density at radius 2 is 1.86 bits per heavy atom. The number of rotatable bonds is 5. The SMILES string of the molecule is COc1ccc(C(Nc2ccc(Br)c(C)c2)C2CC2)cc1. The molecule has 3 heteroatoms. The molecule has 0 amide bonds. The predicted molar refractivity (Wildman–Crippen MR) is 91.0 cm³/mol. The molecule has 0 heterocycles. The Labute approximate surface area is 134 Å². The molecule has 0 spiro atoms. The molecule has 1 atom stereocenters. The lowest BCUT2D eigenvalue weighted by Gasteiger charge is -2.21. The van der Waals surface area contributed by atoms with Crippen molar-refractivity contribution in [2.45, 2.75) is 25.8 Å². The van der Waals surface area contributed by atoms with Gasteiger partial charge in [0.05, 0.1) is 13.2 Å². The van der Waals surface area contributed by atoms with E-state index in [1.54, 1.807) is 7.11 Å². The van der Waals surface area contributed by atoms with Gasteiger partial charge in [-0.2, -0.15) is 0 Å². The van der Waals surface area contributed by atoms with Crippen molar-refractivity contribution in [3.05, 3.63) is 58.1 Å². The number of halogens is 1. The lowest BCUT2D eigenvalue weighted by atomic mass is 10.0. The maximum Gasteiger partial charge on any atom is 0.118 e. The molecule has 3 rings (SSSR count). The van der Waals surface area contributed by atoms with E-state index in [1.807, 2.05) is 12.1 Å². The van der Waals surface area contributed by atoms with Gasteiger partial charge in [0.25, 0.3) is 0 Å². The van der Waals surface area contributed by atoms with Crippen LogP contribution in [0, 0.1) is 12.8 Å². The van der Waals surface area contributed by atoms with Crippen LogP contribution < -0.4 is 10.1 Å². The third-order valence-corrected chi connectivity index (χ3v) is 4.94. The van der Waals surface area contributed by atoms with Crippen molar-refractivity contribution in [1.29, 1.82) is 0 Å². The van der Waals surface area contributed by atoms with Crippen molar-refractivity contribution in [2.24, 2.45) is 5.92 Å². The van der Waals surface area contributed by atoms with Crippen molar-refractivity contribution in [3.8, 4) is 5.75 Å². The van der Waals surface area contributed by atoms with Crippen molar-refractivity contribution < 1.29 is 4.74 Å². The lowest BCUT2D eigenvalue weighted by Crippen LogP contribution is -2.13. The molecule has 1 aliphatic rings. The van der Waals surface area contributed by atoms with Gasteiger partial charge in [-0.25, -0.2) is 0 Å². The summed E-state index contributed by atoms with van der Waals surface area (Å²) in [5.41, 5.74) is 3.77. The fourth-order valence-corrected chi connectivity index (χ4v) is 2.87. The number of ether oxygens (including phenoxy) is 1. The second-order valence-corrected chi connectivity index (χ2v) is 6.55. The van der Waals surface area contributed by atoms with Gasteiger partial charge in [0.2, 0.25) is 0 Å². The van der Waals surface area contributed by atoms with E-state index in [1.165, 1.54) is 29.7 Å². The van der Waals surface area contributed by atoms with Crippen molar-refractivity contribution in [1.82, 2.24) is 0 Å². The molecule has 0 bridgehead atoms. The third kappa shape index (κ3) is 3.41. The number of hydrogen-bond donors (Lipinski definition) is 1. The number of nitrogens with one attached hydrogen (secondary N) is 1. The smallest absolute Gasteiger partial charge is 0.118 e. The topological polar surface area (TPSA) is 21.3 Å². The van der Waals surface area contributed by atoms with Crippen LogP contribution in [0.1, 0.15) is 30.0 Å². The Balaban J connectivity index is 1.82. The first-order chi connectivity index (χ1) is 10.2. The molecule has 0 aliphatic heterocycles. The first kappa shape index (κ1) is 14.5. The fraction of sp³-hybridized carbons (Fsp3) is 0.333. The molecule has 2 aromatic carbocycles. The zero-order valence-electron chi connectivity index (χ0n) is 12.4. The van der Waals surface area contributed by atoms with Gasteiger partial charge in [-0.1, -0.05) is 28.1 Å². The number of methoxy groups -OCH3 is 1. The largest absolute Gasteiger partial charge is 0.497 e. The zero-order chi connectivity index (χ0) is 14.8. The standard InChI is InChI=1S/C18H20BrNO/c1-12-11-15(7-10-17(12)19)20-18(13-3-4-13)14-5-8-16(21-2)9-6-14/h5-11,13,18,20H,3-4H2,1-2H3. The van der Waals surface area contributed by atoms with Gasteiger partial charge in [0.1, 0.15) is 5.75 Å². The molecule has 2 aromatic rings. The Morgan fingerprint density at radius 1 is 1.14 bits per heavy atom. The Bertz CT molecular complexity index is 620. The number of anilines is 1. The summed E-state index contributed by atoms with van der Waals surface area (Å²) in [5.74, 6) is 1.65. The van der Waals surface area contributed by atoms with Crippen LogP contribution in [0.25, 0.3) is 0 Å². The monoisotopic (exact) mass is 345 g/mol. The van der Waals surface area contributed by atoms with Gasteiger partial charge >= 0.3 is 0 Å². The van der Waals surface area contributed by atoms with Crippen molar-refractivity contribution >= 4 is 21.6 Å². The highest BCUT2D eigenvalue weighted by atomic mass is 79.9. The molecule has 1 unspecified atom stereocenters. The molecule has 2 nitrogen and oxygen atoms in total. The number of aryl methyl sites for hydroxylation is 1. The molecule has 1 fully saturated rings. The van der Waals surface area contributed by atoms with Crippen LogP contribution in [0.2, 0.25) is 0 Å². The number of hydrogen-bond acceptors (Lipinski definition) is 2. The van der Waals surface area contributed by atoms with Gasteiger partial charge in [0.15, 0.2) is 0 Å². The average Bonchev–Trinajstić information content (AvgIpc) is 3.33. The van der Waals surface area contributed by atoms with E-state index in [9.17, 15) is 0 Å². The van der Waals surface area contributed by atoms with Gasteiger partial charge in [-0.05, 0) is 67.1 Å². The van der Waals surface area contributed by atoms with Crippen LogP contribution in [0.5, 0.6) is 5.75 Å². The zero-order valence-corrected chi connectivity index (χ0v) is 14.0. The molecule has 0 aromatic heterocycles. The summed E-state index contributed by atoms with van der Waals surface area (Å²) in [6, 6.07) is 15.2. The summed E-state index contributed by atoms with van der Waals surface area (Å²) in [7, 11) is 1.70. The van der Waals surface area contributed by atoms with E-state index in [2.05, 4.69) is 58.5 Å². The third-order valence-electron chi connectivity index (χ3n) is 4.05. The molecule has 0 saturated heterocycles. The van der Waals surface area contributed by atoms with Crippen LogP contribution in [-0.4, -0.2) is 7.11 Å². The maximum absolute atomic E-state index is 5.25. The predicted octanol–water partition coefficient (Wildman–Crippen LogP) is 5.33. The molecule has 21 heavy (non-hydrogen) atoms. The summed E-state index contributed by atoms with van der Waals surface area (Å²) in [4.78, 5) is 0. The molecular formula is C18H20BrNO. The van der Waals surface area contributed by atoms with E-state index in [0.29, 0.717) is 6.04 Å². The molecule has 1 N–H and O–H groups in total. The number of benzene rings is 2. The van der Waals surface area contributed by atoms with Gasteiger partial charge in [0, 0.05) is 10.2 Å². The van der Waals surface area contributed by atoms with E-state index in [0.717, 1.165) is 16.1 Å². The fourth-order valence-electron chi connectivity index (χ4n) is 2.63. The minimum atomic E-state index is 0.386. The molecule has 1 aliphatic carbocycles. The minimum Gasteiger partial charge on any atom is -0.497 e. The van der Waals surface area contributed by atoms with Crippen molar-refractivity contribution in [2.75, 3.05) is 12.4 Å². The molecule has 0 radical (unpaired) electrons. The van der Waals surface area contributed by atoms with Gasteiger partial charge in [-0.15, -0.1) is 0 Å². The van der Waals surface area contributed by atoms with Gasteiger partial charge < -0.3 is 10.1 Å². The van der Waals surface area contributed by atoms with Crippen LogP contribution in [0.4, 0.5) is 5.69 Å². The van der Waals surface area contributed by atoms with E-state index in [4.69, 9.17) is 4.74 Å². The average molecular weight is 346 g/mol.